The van der Waals surface area contributed by atoms with E-state index in [4.69, 9.17) is 4.52 Å². The lowest BCUT2D eigenvalue weighted by Crippen LogP contribution is -2.36. The Balaban J connectivity index is 1.59. The molecule has 0 amide bonds. The molecule has 1 aromatic carbocycles. The van der Waals surface area contributed by atoms with E-state index >= 15 is 0 Å². The number of aliphatic hydroxyl groups is 1. The molecule has 0 spiro atoms. The van der Waals surface area contributed by atoms with Crippen molar-refractivity contribution in [1.82, 2.24) is 15.0 Å². The van der Waals surface area contributed by atoms with Gasteiger partial charge in [0.05, 0.1) is 12.6 Å². The third-order valence-corrected chi connectivity index (χ3v) is 4.17. The fourth-order valence-electron chi connectivity index (χ4n) is 2.81. The Morgan fingerprint density at radius 1 is 1.29 bits per heavy atom. The van der Waals surface area contributed by atoms with E-state index in [1.807, 2.05) is 37.3 Å². The van der Waals surface area contributed by atoms with Crippen molar-refractivity contribution in [3.05, 3.63) is 36.2 Å². The summed E-state index contributed by atoms with van der Waals surface area (Å²) in [6.45, 7) is 4.55. The van der Waals surface area contributed by atoms with Gasteiger partial charge in [0.2, 0.25) is 0 Å². The van der Waals surface area contributed by atoms with Crippen molar-refractivity contribution in [1.29, 1.82) is 0 Å². The molecular formula is C16H21N3O2. The van der Waals surface area contributed by atoms with E-state index in [1.54, 1.807) is 0 Å². The maximum absolute atomic E-state index is 9.62. The molecule has 1 aliphatic rings. The second-order valence-corrected chi connectivity index (χ2v) is 5.74. The zero-order valence-corrected chi connectivity index (χ0v) is 12.3. The predicted octanol–water partition coefficient (Wildman–Crippen LogP) is 2.33. The number of aliphatic hydroxyl groups excluding tert-OH is 1. The monoisotopic (exact) mass is 287 g/mol. The second-order valence-electron chi connectivity index (χ2n) is 5.74. The van der Waals surface area contributed by atoms with Gasteiger partial charge >= 0.3 is 0 Å². The van der Waals surface area contributed by atoms with Crippen LogP contribution in [0, 0.1) is 5.92 Å². The molecule has 2 heterocycles. The quantitative estimate of drug-likeness (QED) is 0.935. The van der Waals surface area contributed by atoms with Crippen molar-refractivity contribution >= 4 is 0 Å². The Kier molecular flexibility index (Phi) is 4.31. The van der Waals surface area contributed by atoms with Gasteiger partial charge in [-0.3, -0.25) is 4.90 Å². The van der Waals surface area contributed by atoms with Crippen molar-refractivity contribution < 1.29 is 9.63 Å². The Morgan fingerprint density at radius 2 is 2.00 bits per heavy atom. The molecule has 1 N–H and O–H groups in total. The van der Waals surface area contributed by atoms with E-state index in [-0.39, 0.29) is 6.10 Å². The summed E-state index contributed by atoms with van der Waals surface area (Å²) < 4.78 is 5.32. The Labute approximate surface area is 124 Å². The smallest absolute Gasteiger partial charge is 0.257 e. The van der Waals surface area contributed by atoms with Gasteiger partial charge in [0.25, 0.3) is 5.89 Å². The van der Waals surface area contributed by atoms with Crippen LogP contribution in [0.2, 0.25) is 0 Å². The molecule has 5 heteroatoms. The van der Waals surface area contributed by atoms with Crippen LogP contribution >= 0.6 is 0 Å². The summed E-state index contributed by atoms with van der Waals surface area (Å²) in [5.41, 5.74) is 0.948. The van der Waals surface area contributed by atoms with Gasteiger partial charge in [0, 0.05) is 5.56 Å². The van der Waals surface area contributed by atoms with Crippen molar-refractivity contribution in [2.24, 2.45) is 5.92 Å². The van der Waals surface area contributed by atoms with Crippen LogP contribution in [0.15, 0.2) is 34.9 Å². The first kappa shape index (κ1) is 14.2. The number of nitrogens with zero attached hydrogens (tertiary/aromatic N) is 3. The third-order valence-electron chi connectivity index (χ3n) is 4.17. The van der Waals surface area contributed by atoms with Crippen LogP contribution in [0.1, 0.15) is 25.6 Å². The van der Waals surface area contributed by atoms with Crippen molar-refractivity contribution in [2.75, 3.05) is 13.1 Å². The Morgan fingerprint density at radius 3 is 2.67 bits per heavy atom. The predicted molar refractivity (Wildman–Crippen MR) is 79.4 cm³/mol. The lowest BCUT2D eigenvalue weighted by Gasteiger charge is -2.32. The fraction of sp³-hybridized carbons (Fsp3) is 0.500. The van der Waals surface area contributed by atoms with Crippen molar-refractivity contribution in [2.45, 2.75) is 32.4 Å². The van der Waals surface area contributed by atoms with Gasteiger partial charge in [-0.05, 0) is 50.9 Å². The maximum atomic E-state index is 9.62. The molecule has 1 saturated heterocycles. The molecule has 1 unspecified atom stereocenters. The van der Waals surface area contributed by atoms with E-state index in [0.717, 1.165) is 37.3 Å². The molecule has 0 aliphatic carbocycles. The average molecular weight is 287 g/mol. The minimum atomic E-state index is -0.206. The molecule has 1 aromatic heterocycles. The molecule has 0 saturated carbocycles. The summed E-state index contributed by atoms with van der Waals surface area (Å²) in [7, 11) is 0. The lowest BCUT2D eigenvalue weighted by atomic mass is 9.92. The largest absolute Gasteiger partial charge is 0.393 e. The highest BCUT2D eigenvalue weighted by molar-refractivity contribution is 5.51. The Bertz CT molecular complexity index is 560. The number of hydrogen-bond donors (Lipinski definition) is 1. The first-order valence-corrected chi connectivity index (χ1v) is 7.51. The summed E-state index contributed by atoms with van der Waals surface area (Å²) in [4.78, 5) is 6.78. The summed E-state index contributed by atoms with van der Waals surface area (Å²) in [6, 6.07) is 9.81. The SMILES string of the molecule is CC(O)C1CCN(Cc2noc(-c3ccccc3)n2)CC1. The molecule has 2 aromatic rings. The molecule has 5 nitrogen and oxygen atoms in total. The summed E-state index contributed by atoms with van der Waals surface area (Å²) in [5.74, 6) is 1.72. The van der Waals surface area contributed by atoms with Crippen LogP contribution in [-0.2, 0) is 6.54 Å². The summed E-state index contributed by atoms with van der Waals surface area (Å²) >= 11 is 0. The number of aromatic nitrogens is 2. The molecule has 1 aliphatic heterocycles. The van der Waals surface area contributed by atoms with E-state index in [9.17, 15) is 5.11 Å². The summed E-state index contributed by atoms with van der Waals surface area (Å²) in [5, 5.41) is 13.7. The highest BCUT2D eigenvalue weighted by Crippen LogP contribution is 2.22. The topological polar surface area (TPSA) is 62.4 Å². The van der Waals surface area contributed by atoms with Gasteiger partial charge < -0.3 is 9.63 Å². The number of likely N-dealkylation sites (tertiary alicyclic amines) is 1. The van der Waals surface area contributed by atoms with E-state index in [1.165, 1.54) is 0 Å². The van der Waals surface area contributed by atoms with Gasteiger partial charge in [-0.1, -0.05) is 23.4 Å². The molecular weight excluding hydrogens is 266 g/mol. The van der Waals surface area contributed by atoms with Crippen LogP contribution < -0.4 is 0 Å². The second kappa shape index (κ2) is 6.37. The molecule has 0 bridgehead atoms. The van der Waals surface area contributed by atoms with Crippen molar-refractivity contribution in [3.63, 3.8) is 0 Å². The van der Waals surface area contributed by atoms with Gasteiger partial charge in [-0.25, -0.2) is 0 Å². The highest BCUT2D eigenvalue weighted by Gasteiger charge is 2.23. The lowest BCUT2D eigenvalue weighted by molar-refractivity contribution is 0.0684. The van der Waals surface area contributed by atoms with Gasteiger partial charge in [-0.2, -0.15) is 4.98 Å². The van der Waals surface area contributed by atoms with Gasteiger partial charge in [0.15, 0.2) is 5.82 Å². The van der Waals surface area contributed by atoms with Crippen LogP contribution in [0.4, 0.5) is 0 Å². The normalized spacial score (nSPS) is 18.8. The fourth-order valence-corrected chi connectivity index (χ4v) is 2.81. The van der Waals surface area contributed by atoms with Crippen LogP contribution in [-0.4, -0.2) is 39.3 Å². The summed E-state index contributed by atoms with van der Waals surface area (Å²) in [6.07, 6.45) is 1.85. The molecule has 112 valence electrons. The van der Waals surface area contributed by atoms with E-state index in [2.05, 4.69) is 15.0 Å². The van der Waals surface area contributed by atoms with Crippen LogP contribution in [0.25, 0.3) is 11.5 Å². The number of benzene rings is 1. The van der Waals surface area contributed by atoms with E-state index < -0.39 is 0 Å². The zero-order chi connectivity index (χ0) is 14.7. The van der Waals surface area contributed by atoms with Gasteiger partial charge in [-0.15, -0.1) is 0 Å². The minimum absolute atomic E-state index is 0.206. The van der Waals surface area contributed by atoms with E-state index in [0.29, 0.717) is 18.4 Å². The van der Waals surface area contributed by atoms with Crippen LogP contribution in [0.5, 0.6) is 0 Å². The standard InChI is InChI=1S/C16H21N3O2/c1-12(20)13-7-9-19(10-8-13)11-15-17-16(21-18-15)14-5-3-2-4-6-14/h2-6,12-13,20H,7-11H2,1H3. The van der Waals surface area contributed by atoms with Gasteiger partial charge in [0.1, 0.15) is 0 Å². The molecule has 0 radical (unpaired) electrons. The zero-order valence-electron chi connectivity index (χ0n) is 12.3. The first-order valence-electron chi connectivity index (χ1n) is 7.51. The molecule has 1 atom stereocenters. The van der Waals surface area contributed by atoms with Crippen molar-refractivity contribution in [3.8, 4) is 11.5 Å². The average Bonchev–Trinajstić information content (AvgIpc) is 2.97. The Hall–Kier alpha value is -1.72. The number of piperidine rings is 1. The number of hydrogen-bond acceptors (Lipinski definition) is 5. The first-order chi connectivity index (χ1) is 10.2. The number of rotatable bonds is 4. The molecule has 3 rings (SSSR count). The maximum Gasteiger partial charge on any atom is 0.257 e. The third kappa shape index (κ3) is 3.49. The highest BCUT2D eigenvalue weighted by atomic mass is 16.5. The van der Waals surface area contributed by atoms with Crippen LogP contribution in [0.3, 0.4) is 0 Å². The minimum Gasteiger partial charge on any atom is -0.393 e. The molecule has 1 fully saturated rings. The molecule has 21 heavy (non-hydrogen) atoms.